The molecule has 0 spiro atoms. The molecule has 1 amide bonds. The van der Waals surface area contributed by atoms with Crippen LogP contribution in [-0.4, -0.2) is 57.8 Å². The molecule has 0 saturated carbocycles. The summed E-state index contributed by atoms with van der Waals surface area (Å²) in [7, 11) is 1.19. The molecule has 1 N–H and O–H groups in total. The minimum Gasteiger partial charge on any atom is -0.353 e. The van der Waals surface area contributed by atoms with Crippen LogP contribution in [0.3, 0.4) is 0 Å². The molecule has 0 aliphatic heterocycles. The third-order valence-electron chi connectivity index (χ3n) is 3.93. The molecule has 27 heavy (non-hydrogen) atoms. The van der Waals surface area contributed by atoms with Crippen molar-refractivity contribution >= 4 is 38.9 Å². The number of amides is 1. The molecular weight excluding hydrogens is 413 g/mol. The van der Waals surface area contributed by atoms with E-state index in [9.17, 15) is 17.6 Å². The van der Waals surface area contributed by atoms with Crippen molar-refractivity contribution < 1.29 is 17.6 Å². The Morgan fingerprint density at radius 2 is 1.96 bits per heavy atom. The van der Waals surface area contributed by atoms with Crippen molar-refractivity contribution in [1.82, 2.24) is 14.5 Å². The first-order valence-electron chi connectivity index (χ1n) is 8.01. The molecule has 1 aromatic heterocycles. The molecule has 2 aromatic rings. The summed E-state index contributed by atoms with van der Waals surface area (Å²) in [6.07, 6.45) is 0. The van der Waals surface area contributed by atoms with Crippen molar-refractivity contribution in [2.75, 3.05) is 34.2 Å². The van der Waals surface area contributed by atoms with Crippen LogP contribution in [0.4, 0.5) is 4.39 Å². The van der Waals surface area contributed by atoms with E-state index in [1.54, 1.807) is 12.1 Å². The van der Waals surface area contributed by atoms with Crippen LogP contribution >= 0.6 is 22.9 Å². The number of nitrogens with zero attached hydrogens (tertiary/aromatic N) is 2. The van der Waals surface area contributed by atoms with Crippen LogP contribution in [0.25, 0.3) is 0 Å². The fourth-order valence-electron chi connectivity index (χ4n) is 2.46. The van der Waals surface area contributed by atoms with Crippen molar-refractivity contribution in [2.45, 2.75) is 10.3 Å². The van der Waals surface area contributed by atoms with Gasteiger partial charge in [-0.2, -0.15) is 4.31 Å². The van der Waals surface area contributed by atoms with Crippen molar-refractivity contribution in [2.24, 2.45) is 0 Å². The van der Waals surface area contributed by atoms with Crippen molar-refractivity contribution in [1.29, 1.82) is 0 Å². The van der Waals surface area contributed by atoms with Crippen molar-refractivity contribution in [3.63, 3.8) is 0 Å². The summed E-state index contributed by atoms with van der Waals surface area (Å²) in [5, 5.41) is 2.71. The number of rotatable bonds is 8. The van der Waals surface area contributed by atoms with Gasteiger partial charge in [0, 0.05) is 13.6 Å². The number of sulfonamides is 1. The first-order chi connectivity index (χ1) is 12.6. The average molecular weight is 434 g/mol. The molecule has 148 valence electrons. The van der Waals surface area contributed by atoms with Crippen LogP contribution < -0.4 is 5.32 Å². The summed E-state index contributed by atoms with van der Waals surface area (Å²) < 4.78 is 39.7. The Kier molecular flexibility index (Phi) is 7.35. The number of halogens is 2. The van der Waals surface area contributed by atoms with Gasteiger partial charge in [-0.25, -0.2) is 12.8 Å². The normalized spacial score (nSPS) is 13.1. The number of carbonyl (C=O) groups excluding carboxylic acids is 1. The van der Waals surface area contributed by atoms with Crippen LogP contribution in [0.15, 0.2) is 40.6 Å². The van der Waals surface area contributed by atoms with Crippen LogP contribution in [-0.2, 0) is 14.8 Å². The van der Waals surface area contributed by atoms with E-state index >= 15 is 0 Å². The Bertz CT molecular complexity index is 902. The fourth-order valence-corrected chi connectivity index (χ4v) is 5.28. The monoisotopic (exact) mass is 433 g/mol. The first kappa shape index (κ1) is 21.8. The zero-order chi connectivity index (χ0) is 20.2. The Morgan fingerprint density at radius 1 is 1.26 bits per heavy atom. The lowest BCUT2D eigenvalue weighted by molar-refractivity contribution is -0.121. The van der Waals surface area contributed by atoms with Crippen LogP contribution in [0.5, 0.6) is 0 Å². The smallest absolute Gasteiger partial charge is 0.252 e. The Hall–Kier alpha value is -1.52. The van der Waals surface area contributed by atoms with Gasteiger partial charge in [-0.3, -0.25) is 4.79 Å². The number of nitrogens with one attached hydrogen (secondary N) is 1. The SMILES string of the molecule is CN(C)C(CNC(=O)CN(C)S(=O)(=O)c1ccc(Cl)s1)c1cccc(F)c1. The summed E-state index contributed by atoms with van der Waals surface area (Å²) in [4.78, 5) is 14.1. The topological polar surface area (TPSA) is 69.7 Å². The molecule has 0 radical (unpaired) electrons. The molecule has 0 bridgehead atoms. The minimum absolute atomic E-state index is 0.0775. The van der Waals surface area contributed by atoms with Gasteiger partial charge < -0.3 is 10.2 Å². The number of benzene rings is 1. The third-order valence-corrected chi connectivity index (χ3v) is 7.43. The van der Waals surface area contributed by atoms with Gasteiger partial charge in [-0.1, -0.05) is 23.7 Å². The molecule has 6 nitrogen and oxygen atoms in total. The Balaban J connectivity index is 2.00. The minimum atomic E-state index is -3.78. The second-order valence-electron chi connectivity index (χ2n) is 6.16. The molecular formula is C17H21ClFN3O3S2. The molecule has 2 rings (SSSR count). The van der Waals surface area contributed by atoms with Gasteiger partial charge in [0.2, 0.25) is 5.91 Å². The summed E-state index contributed by atoms with van der Waals surface area (Å²) in [5.74, 6) is -0.807. The predicted molar refractivity (Wildman–Crippen MR) is 105 cm³/mol. The van der Waals surface area contributed by atoms with E-state index in [1.807, 2.05) is 19.0 Å². The molecule has 0 aliphatic carbocycles. The van der Waals surface area contributed by atoms with Gasteiger partial charge in [0.1, 0.15) is 10.0 Å². The Labute approximate surface area is 167 Å². The lowest BCUT2D eigenvalue weighted by Gasteiger charge is -2.25. The van der Waals surface area contributed by atoms with E-state index in [0.29, 0.717) is 4.34 Å². The highest BCUT2D eigenvalue weighted by molar-refractivity contribution is 7.91. The second-order valence-corrected chi connectivity index (χ2v) is 10.1. The molecule has 0 fully saturated rings. The number of likely N-dealkylation sites (N-methyl/N-ethyl adjacent to an activating group) is 2. The highest BCUT2D eigenvalue weighted by Crippen LogP contribution is 2.27. The zero-order valence-electron chi connectivity index (χ0n) is 15.1. The maximum absolute atomic E-state index is 13.5. The molecule has 0 saturated heterocycles. The van der Waals surface area contributed by atoms with Gasteiger partial charge in [-0.05, 0) is 43.9 Å². The van der Waals surface area contributed by atoms with Crippen molar-refractivity contribution in [3.8, 4) is 0 Å². The van der Waals surface area contributed by atoms with Gasteiger partial charge in [0.25, 0.3) is 10.0 Å². The van der Waals surface area contributed by atoms with Crippen LogP contribution in [0.1, 0.15) is 11.6 Å². The molecule has 1 atom stereocenters. The van der Waals surface area contributed by atoms with Gasteiger partial charge in [-0.15, -0.1) is 11.3 Å². The number of hydrogen-bond acceptors (Lipinski definition) is 5. The highest BCUT2D eigenvalue weighted by Gasteiger charge is 2.25. The largest absolute Gasteiger partial charge is 0.353 e. The number of thiophene rings is 1. The summed E-state index contributed by atoms with van der Waals surface area (Å²) >= 11 is 6.72. The number of hydrogen-bond donors (Lipinski definition) is 1. The fraction of sp³-hybridized carbons (Fsp3) is 0.353. The molecule has 1 unspecified atom stereocenters. The van der Waals surface area contributed by atoms with E-state index in [2.05, 4.69) is 5.32 Å². The predicted octanol–water partition coefficient (Wildman–Crippen LogP) is 2.58. The zero-order valence-corrected chi connectivity index (χ0v) is 17.5. The number of carbonyl (C=O) groups is 1. The van der Waals surface area contributed by atoms with Crippen molar-refractivity contribution in [3.05, 3.63) is 52.1 Å². The molecule has 1 heterocycles. The molecule has 0 aliphatic rings. The quantitative estimate of drug-likeness (QED) is 0.694. The Morgan fingerprint density at radius 3 is 2.52 bits per heavy atom. The maximum atomic E-state index is 13.5. The van der Waals surface area contributed by atoms with E-state index in [0.717, 1.165) is 21.2 Å². The van der Waals surface area contributed by atoms with Gasteiger partial charge >= 0.3 is 0 Å². The van der Waals surface area contributed by atoms with E-state index in [-0.39, 0.29) is 29.2 Å². The summed E-state index contributed by atoms with van der Waals surface area (Å²) in [6, 6.07) is 8.80. The summed E-state index contributed by atoms with van der Waals surface area (Å²) in [6.45, 7) is -0.116. The van der Waals surface area contributed by atoms with Gasteiger partial charge in [0.15, 0.2) is 0 Å². The van der Waals surface area contributed by atoms with Crippen LogP contribution in [0.2, 0.25) is 4.34 Å². The lowest BCUT2D eigenvalue weighted by Crippen LogP contribution is -2.41. The first-order valence-corrected chi connectivity index (χ1v) is 10.6. The van der Waals surface area contributed by atoms with E-state index in [4.69, 9.17) is 11.6 Å². The van der Waals surface area contributed by atoms with E-state index < -0.39 is 15.9 Å². The van der Waals surface area contributed by atoms with Gasteiger partial charge in [0.05, 0.1) is 16.9 Å². The summed E-state index contributed by atoms with van der Waals surface area (Å²) in [5.41, 5.74) is 0.717. The van der Waals surface area contributed by atoms with Crippen LogP contribution in [0, 0.1) is 5.82 Å². The lowest BCUT2D eigenvalue weighted by atomic mass is 10.1. The third kappa shape index (κ3) is 5.73. The molecule has 1 aromatic carbocycles. The second kappa shape index (κ2) is 9.11. The highest BCUT2D eigenvalue weighted by atomic mass is 35.5. The standard InChI is InChI=1S/C17H21ClFN3O3S2/c1-21(2)14(12-5-4-6-13(19)9-12)10-20-16(23)11-22(3)27(24,25)17-8-7-15(18)26-17/h4-9,14H,10-11H2,1-3H3,(H,20,23). The maximum Gasteiger partial charge on any atom is 0.252 e. The molecule has 10 heteroatoms. The average Bonchev–Trinajstić information content (AvgIpc) is 3.02. The van der Waals surface area contributed by atoms with E-state index in [1.165, 1.54) is 31.3 Å².